The van der Waals surface area contributed by atoms with Gasteiger partial charge in [0, 0.05) is 24.4 Å². The number of rotatable bonds is 3. The third-order valence-corrected chi connectivity index (χ3v) is 4.63. The fraction of sp³-hybridized carbons (Fsp3) is 0.714. The zero-order valence-electron chi connectivity index (χ0n) is 12.3. The van der Waals surface area contributed by atoms with E-state index in [1.807, 2.05) is 4.90 Å². The van der Waals surface area contributed by atoms with Gasteiger partial charge in [-0.25, -0.2) is 4.98 Å². The molecule has 1 aromatic rings. The highest BCUT2D eigenvalue weighted by Crippen LogP contribution is 2.30. The molecule has 0 bridgehead atoms. The van der Waals surface area contributed by atoms with Gasteiger partial charge in [-0.1, -0.05) is 13.8 Å². The van der Waals surface area contributed by atoms with Crippen LogP contribution in [0.2, 0.25) is 0 Å². The number of carbonyl (C=O) groups excluding carboxylic acids is 1. The quantitative estimate of drug-likeness (QED) is 0.932. The third-order valence-electron chi connectivity index (χ3n) is 3.60. The van der Waals surface area contributed by atoms with E-state index in [0.29, 0.717) is 11.8 Å². The van der Waals surface area contributed by atoms with E-state index in [-0.39, 0.29) is 18.3 Å². The standard InChI is InChI=1S/C14H23N3OS.ClH/c1-9(2)12-8-19-13(16-12)11-5-4-6-17(7-11)14(18)10(3)15;/h8-11H,4-7,15H2,1-3H3;1H. The maximum Gasteiger partial charge on any atom is 0.239 e. The van der Waals surface area contributed by atoms with E-state index in [0.717, 1.165) is 31.6 Å². The molecule has 0 radical (unpaired) electrons. The van der Waals surface area contributed by atoms with Gasteiger partial charge in [0.25, 0.3) is 0 Å². The highest BCUT2D eigenvalue weighted by molar-refractivity contribution is 7.09. The largest absolute Gasteiger partial charge is 0.341 e. The normalized spacial score (nSPS) is 20.6. The number of nitrogens with two attached hydrogens (primary N) is 1. The van der Waals surface area contributed by atoms with Gasteiger partial charge in [-0.05, 0) is 25.7 Å². The topological polar surface area (TPSA) is 59.2 Å². The van der Waals surface area contributed by atoms with Crippen molar-refractivity contribution in [2.24, 2.45) is 5.73 Å². The molecular weight excluding hydrogens is 294 g/mol. The van der Waals surface area contributed by atoms with Gasteiger partial charge in [0.15, 0.2) is 0 Å². The van der Waals surface area contributed by atoms with Crippen LogP contribution in [0, 0.1) is 0 Å². The van der Waals surface area contributed by atoms with E-state index >= 15 is 0 Å². The predicted molar refractivity (Wildman–Crippen MR) is 85.7 cm³/mol. The second-order valence-corrected chi connectivity index (χ2v) is 6.57. The molecule has 1 saturated heterocycles. The number of halogens is 1. The summed E-state index contributed by atoms with van der Waals surface area (Å²) >= 11 is 1.73. The smallest absolute Gasteiger partial charge is 0.239 e. The summed E-state index contributed by atoms with van der Waals surface area (Å²) in [4.78, 5) is 18.6. The number of aromatic nitrogens is 1. The van der Waals surface area contributed by atoms with Crippen LogP contribution in [0.15, 0.2) is 5.38 Å². The van der Waals surface area contributed by atoms with Gasteiger partial charge in [0.1, 0.15) is 0 Å². The Morgan fingerprint density at radius 2 is 2.20 bits per heavy atom. The average molecular weight is 318 g/mol. The second kappa shape index (κ2) is 7.38. The molecule has 6 heteroatoms. The minimum atomic E-state index is -0.402. The first-order chi connectivity index (χ1) is 8.99. The second-order valence-electron chi connectivity index (χ2n) is 5.68. The molecule has 0 aromatic carbocycles. The summed E-state index contributed by atoms with van der Waals surface area (Å²) in [5.74, 6) is 0.912. The van der Waals surface area contributed by atoms with E-state index in [1.165, 1.54) is 5.01 Å². The van der Waals surface area contributed by atoms with Gasteiger partial charge in [0.05, 0.1) is 16.7 Å². The number of thiazole rings is 1. The zero-order chi connectivity index (χ0) is 14.0. The van der Waals surface area contributed by atoms with Crippen LogP contribution in [0.3, 0.4) is 0 Å². The molecular formula is C14H24ClN3OS. The minimum absolute atomic E-state index is 0. The molecule has 0 saturated carbocycles. The summed E-state index contributed by atoms with van der Waals surface area (Å²) in [6.07, 6.45) is 2.16. The number of carbonyl (C=O) groups is 1. The van der Waals surface area contributed by atoms with Crippen LogP contribution >= 0.6 is 23.7 Å². The van der Waals surface area contributed by atoms with Gasteiger partial charge in [-0.3, -0.25) is 4.79 Å². The Labute approximate surface area is 131 Å². The van der Waals surface area contributed by atoms with Crippen molar-refractivity contribution in [3.8, 4) is 0 Å². The molecule has 20 heavy (non-hydrogen) atoms. The molecule has 4 nitrogen and oxygen atoms in total. The van der Waals surface area contributed by atoms with Crippen LogP contribution in [0.4, 0.5) is 0 Å². The Balaban J connectivity index is 0.00000200. The monoisotopic (exact) mass is 317 g/mol. The maximum absolute atomic E-state index is 12.0. The summed E-state index contributed by atoms with van der Waals surface area (Å²) in [5, 5.41) is 3.32. The van der Waals surface area contributed by atoms with E-state index in [9.17, 15) is 4.79 Å². The van der Waals surface area contributed by atoms with Crippen LogP contribution in [-0.2, 0) is 4.79 Å². The predicted octanol–water partition coefficient (Wildman–Crippen LogP) is 2.74. The Morgan fingerprint density at radius 1 is 1.50 bits per heavy atom. The number of piperidine rings is 1. The van der Waals surface area contributed by atoms with Gasteiger partial charge in [-0.15, -0.1) is 23.7 Å². The SMILES string of the molecule is CC(N)C(=O)N1CCCC(c2nc(C(C)C)cs2)C1.Cl. The summed E-state index contributed by atoms with van der Waals surface area (Å²) in [7, 11) is 0. The Bertz CT molecular complexity index is 447. The van der Waals surface area contributed by atoms with Crippen molar-refractivity contribution in [3.63, 3.8) is 0 Å². The lowest BCUT2D eigenvalue weighted by molar-refractivity contribution is -0.133. The summed E-state index contributed by atoms with van der Waals surface area (Å²) < 4.78 is 0. The molecule has 0 aliphatic carbocycles. The molecule has 1 aliphatic rings. The van der Waals surface area contributed by atoms with Crippen molar-refractivity contribution in [3.05, 3.63) is 16.1 Å². The average Bonchev–Trinajstić information content (AvgIpc) is 2.87. The highest BCUT2D eigenvalue weighted by Gasteiger charge is 2.28. The Morgan fingerprint density at radius 3 is 2.75 bits per heavy atom. The van der Waals surface area contributed by atoms with E-state index in [4.69, 9.17) is 10.7 Å². The Kier molecular flexibility index (Phi) is 6.43. The van der Waals surface area contributed by atoms with Gasteiger partial charge in [-0.2, -0.15) is 0 Å². The number of hydrogen-bond acceptors (Lipinski definition) is 4. The van der Waals surface area contributed by atoms with Crippen LogP contribution in [0.5, 0.6) is 0 Å². The lowest BCUT2D eigenvalue weighted by Crippen LogP contribution is -2.46. The molecule has 1 aliphatic heterocycles. The molecule has 1 fully saturated rings. The van der Waals surface area contributed by atoms with Crippen molar-refractivity contribution in [2.45, 2.75) is 51.5 Å². The third kappa shape index (κ3) is 3.93. The van der Waals surface area contributed by atoms with E-state index in [1.54, 1.807) is 18.3 Å². The first-order valence-corrected chi connectivity index (χ1v) is 7.86. The molecule has 114 valence electrons. The van der Waals surface area contributed by atoms with E-state index in [2.05, 4.69) is 19.2 Å². The summed E-state index contributed by atoms with van der Waals surface area (Å²) in [6.45, 7) is 7.67. The van der Waals surface area contributed by atoms with Crippen LogP contribution in [0.1, 0.15) is 56.2 Å². The van der Waals surface area contributed by atoms with Gasteiger partial charge >= 0.3 is 0 Å². The van der Waals surface area contributed by atoms with Crippen molar-refractivity contribution in [1.82, 2.24) is 9.88 Å². The molecule has 2 atom stereocenters. The number of hydrogen-bond donors (Lipinski definition) is 1. The molecule has 1 aromatic heterocycles. The lowest BCUT2D eigenvalue weighted by Gasteiger charge is -2.32. The van der Waals surface area contributed by atoms with Crippen molar-refractivity contribution in [2.75, 3.05) is 13.1 Å². The fourth-order valence-electron chi connectivity index (χ4n) is 2.42. The van der Waals surface area contributed by atoms with Crippen LogP contribution in [-0.4, -0.2) is 34.9 Å². The Hall–Kier alpha value is -0.650. The molecule has 2 heterocycles. The van der Waals surface area contributed by atoms with Crippen LogP contribution in [0.25, 0.3) is 0 Å². The fourth-order valence-corrected chi connectivity index (χ4v) is 3.53. The highest BCUT2D eigenvalue weighted by atomic mass is 35.5. The van der Waals surface area contributed by atoms with Gasteiger partial charge in [0.2, 0.25) is 5.91 Å². The minimum Gasteiger partial charge on any atom is -0.341 e. The molecule has 2 unspecified atom stereocenters. The van der Waals surface area contributed by atoms with Crippen molar-refractivity contribution in [1.29, 1.82) is 0 Å². The number of amides is 1. The molecule has 1 amide bonds. The lowest BCUT2D eigenvalue weighted by atomic mass is 9.98. The summed E-state index contributed by atoms with van der Waals surface area (Å²) in [5.41, 5.74) is 6.85. The van der Waals surface area contributed by atoms with Gasteiger partial charge < -0.3 is 10.6 Å². The van der Waals surface area contributed by atoms with E-state index < -0.39 is 6.04 Å². The zero-order valence-corrected chi connectivity index (χ0v) is 14.0. The molecule has 0 spiro atoms. The summed E-state index contributed by atoms with van der Waals surface area (Å²) in [6, 6.07) is -0.402. The maximum atomic E-state index is 12.0. The first-order valence-electron chi connectivity index (χ1n) is 6.98. The number of nitrogens with zero attached hydrogens (tertiary/aromatic N) is 2. The van der Waals surface area contributed by atoms with Crippen LogP contribution < -0.4 is 5.73 Å². The first kappa shape index (κ1) is 17.4. The molecule has 2 N–H and O–H groups in total. The number of likely N-dealkylation sites (tertiary alicyclic amines) is 1. The van der Waals surface area contributed by atoms with Crippen molar-refractivity contribution >= 4 is 29.7 Å². The molecule has 2 rings (SSSR count). The van der Waals surface area contributed by atoms with Crippen molar-refractivity contribution < 1.29 is 4.79 Å².